The molecule has 0 saturated carbocycles. The molecule has 0 aromatic carbocycles. The fraction of sp³-hybridized carbons (Fsp3) is 0.636. The Morgan fingerprint density at radius 3 is 2.74 bits per heavy atom. The number of aromatic nitrogens is 2. The quantitative estimate of drug-likeness (QED) is 0.399. The second-order valence-electron chi connectivity index (χ2n) is 3.82. The molecule has 8 heteroatoms. The zero-order valence-electron chi connectivity index (χ0n) is 11.2. The Bertz CT molecular complexity index is 413. The molecule has 0 unspecified atom stereocenters. The molecule has 1 rings (SSSR count). The van der Waals surface area contributed by atoms with Crippen molar-refractivity contribution in [1.29, 1.82) is 0 Å². The van der Waals surface area contributed by atoms with E-state index in [0.29, 0.717) is 19.8 Å². The van der Waals surface area contributed by atoms with Gasteiger partial charge in [-0.1, -0.05) is 13.3 Å². The fourth-order valence-corrected chi connectivity index (χ4v) is 1.45. The van der Waals surface area contributed by atoms with Crippen LogP contribution in [0.3, 0.4) is 0 Å². The van der Waals surface area contributed by atoms with Gasteiger partial charge in [0.05, 0.1) is 11.5 Å². The third kappa shape index (κ3) is 4.66. The summed E-state index contributed by atoms with van der Waals surface area (Å²) in [4.78, 5) is 18.2. The molecule has 0 atom stereocenters. The van der Waals surface area contributed by atoms with E-state index in [1.165, 1.54) is 6.33 Å². The Labute approximate surface area is 111 Å². The van der Waals surface area contributed by atoms with E-state index in [4.69, 9.17) is 4.74 Å². The number of unbranched alkanes of at least 4 members (excludes halogenated alkanes) is 1. The molecule has 0 aliphatic carbocycles. The van der Waals surface area contributed by atoms with E-state index in [1.54, 1.807) is 7.05 Å². The second-order valence-corrected chi connectivity index (χ2v) is 3.82. The molecule has 1 aromatic rings. The molecule has 0 aliphatic heterocycles. The van der Waals surface area contributed by atoms with Crippen molar-refractivity contribution in [3.63, 3.8) is 0 Å². The smallest absolute Gasteiger partial charge is 0.353 e. The summed E-state index contributed by atoms with van der Waals surface area (Å²) < 4.78 is 5.36. The maximum absolute atomic E-state index is 11.0. The predicted octanol–water partition coefficient (Wildman–Crippen LogP) is 1.66. The van der Waals surface area contributed by atoms with E-state index in [9.17, 15) is 10.1 Å². The summed E-state index contributed by atoms with van der Waals surface area (Å²) in [5.41, 5.74) is -0.154. The molecule has 1 aromatic heterocycles. The highest BCUT2D eigenvalue weighted by molar-refractivity contribution is 5.68. The van der Waals surface area contributed by atoms with Crippen LogP contribution in [-0.2, 0) is 4.74 Å². The monoisotopic (exact) mass is 269 g/mol. The van der Waals surface area contributed by atoms with E-state index in [0.717, 1.165) is 12.8 Å². The van der Waals surface area contributed by atoms with Crippen LogP contribution in [0.25, 0.3) is 0 Å². The highest BCUT2D eigenvalue weighted by atomic mass is 16.6. The molecule has 0 saturated heterocycles. The Kier molecular flexibility index (Phi) is 6.51. The standard InChI is InChI=1S/C11H19N5O3/c1-3-4-6-19-7-5-13-11-9(16(17)18)10(12-2)14-8-15-11/h8H,3-7H2,1-2H3,(H2,12,13,14,15). The second kappa shape index (κ2) is 8.20. The Balaban J connectivity index is 2.55. The highest BCUT2D eigenvalue weighted by Gasteiger charge is 2.21. The van der Waals surface area contributed by atoms with Crippen molar-refractivity contribution in [2.75, 3.05) is 37.4 Å². The molecule has 0 fully saturated rings. The Hall–Kier alpha value is -1.96. The topological polar surface area (TPSA) is 102 Å². The Morgan fingerprint density at radius 1 is 1.37 bits per heavy atom. The molecule has 8 nitrogen and oxygen atoms in total. The van der Waals surface area contributed by atoms with E-state index < -0.39 is 4.92 Å². The van der Waals surface area contributed by atoms with Crippen LogP contribution in [0.1, 0.15) is 19.8 Å². The van der Waals surface area contributed by atoms with Gasteiger partial charge in [0.2, 0.25) is 11.6 Å². The maximum atomic E-state index is 11.0. The average Bonchev–Trinajstić information content (AvgIpc) is 2.42. The number of ether oxygens (including phenoxy) is 1. The molecule has 106 valence electrons. The van der Waals surface area contributed by atoms with E-state index in [2.05, 4.69) is 27.5 Å². The summed E-state index contributed by atoms with van der Waals surface area (Å²) in [7, 11) is 1.58. The van der Waals surface area contributed by atoms with Crippen LogP contribution in [0.2, 0.25) is 0 Å². The zero-order valence-corrected chi connectivity index (χ0v) is 11.2. The molecule has 0 spiro atoms. The number of nitro groups is 1. The van der Waals surface area contributed by atoms with Crippen LogP contribution in [-0.4, -0.2) is 41.7 Å². The number of nitrogens with one attached hydrogen (secondary N) is 2. The van der Waals surface area contributed by atoms with Gasteiger partial charge in [-0.2, -0.15) is 0 Å². The lowest BCUT2D eigenvalue weighted by atomic mass is 10.4. The van der Waals surface area contributed by atoms with Crippen molar-refractivity contribution >= 4 is 17.3 Å². The molecular weight excluding hydrogens is 250 g/mol. The lowest BCUT2D eigenvalue weighted by Gasteiger charge is -2.08. The molecule has 1 heterocycles. The van der Waals surface area contributed by atoms with Crippen LogP contribution >= 0.6 is 0 Å². The van der Waals surface area contributed by atoms with Gasteiger partial charge in [-0.3, -0.25) is 10.1 Å². The molecule has 0 bridgehead atoms. The van der Waals surface area contributed by atoms with Gasteiger partial charge in [0.25, 0.3) is 0 Å². The van der Waals surface area contributed by atoms with E-state index in [-0.39, 0.29) is 17.3 Å². The summed E-state index contributed by atoms with van der Waals surface area (Å²) in [5, 5.41) is 16.5. The van der Waals surface area contributed by atoms with Gasteiger partial charge in [0.1, 0.15) is 6.33 Å². The average molecular weight is 269 g/mol. The third-order valence-electron chi connectivity index (χ3n) is 2.42. The van der Waals surface area contributed by atoms with Crippen molar-refractivity contribution in [3.8, 4) is 0 Å². The molecule has 0 radical (unpaired) electrons. The van der Waals surface area contributed by atoms with Crippen molar-refractivity contribution in [2.24, 2.45) is 0 Å². The van der Waals surface area contributed by atoms with Gasteiger partial charge in [-0.05, 0) is 6.42 Å². The number of nitrogens with zero attached hydrogens (tertiary/aromatic N) is 3. The molecule has 0 amide bonds. The SMILES string of the molecule is CCCCOCCNc1ncnc(NC)c1[N+](=O)[O-]. The van der Waals surface area contributed by atoms with Crippen molar-refractivity contribution in [1.82, 2.24) is 9.97 Å². The first-order chi connectivity index (χ1) is 9.20. The summed E-state index contributed by atoms with van der Waals surface area (Å²) in [6.07, 6.45) is 3.37. The Morgan fingerprint density at radius 2 is 2.11 bits per heavy atom. The van der Waals surface area contributed by atoms with Gasteiger partial charge < -0.3 is 15.4 Å². The fourth-order valence-electron chi connectivity index (χ4n) is 1.45. The number of hydrogen-bond donors (Lipinski definition) is 2. The largest absolute Gasteiger partial charge is 0.380 e. The highest BCUT2D eigenvalue weighted by Crippen LogP contribution is 2.27. The number of hydrogen-bond acceptors (Lipinski definition) is 7. The molecule has 0 aliphatic rings. The summed E-state index contributed by atoms with van der Waals surface area (Å²) in [6.45, 7) is 3.73. The van der Waals surface area contributed by atoms with E-state index >= 15 is 0 Å². The summed E-state index contributed by atoms with van der Waals surface area (Å²) in [5.74, 6) is 0.387. The van der Waals surface area contributed by atoms with E-state index in [1.807, 2.05) is 0 Å². The molecular formula is C11H19N5O3. The van der Waals surface area contributed by atoms with Gasteiger partial charge in [0, 0.05) is 20.2 Å². The third-order valence-corrected chi connectivity index (χ3v) is 2.42. The first-order valence-corrected chi connectivity index (χ1v) is 6.19. The van der Waals surface area contributed by atoms with Gasteiger partial charge in [-0.15, -0.1) is 0 Å². The van der Waals surface area contributed by atoms with Crippen molar-refractivity contribution < 1.29 is 9.66 Å². The van der Waals surface area contributed by atoms with Gasteiger partial charge in [0.15, 0.2) is 0 Å². The number of rotatable bonds is 9. The van der Waals surface area contributed by atoms with Crippen LogP contribution in [0.4, 0.5) is 17.3 Å². The number of anilines is 2. The minimum Gasteiger partial charge on any atom is -0.380 e. The minimum atomic E-state index is -0.508. The van der Waals surface area contributed by atoms with Crippen LogP contribution in [0, 0.1) is 10.1 Å². The lowest BCUT2D eigenvalue weighted by Crippen LogP contribution is -2.13. The normalized spacial score (nSPS) is 10.2. The first-order valence-electron chi connectivity index (χ1n) is 6.19. The van der Waals surface area contributed by atoms with Crippen LogP contribution in [0.5, 0.6) is 0 Å². The van der Waals surface area contributed by atoms with Gasteiger partial charge in [-0.25, -0.2) is 9.97 Å². The summed E-state index contributed by atoms with van der Waals surface area (Å²) >= 11 is 0. The molecule has 19 heavy (non-hydrogen) atoms. The molecule has 2 N–H and O–H groups in total. The maximum Gasteiger partial charge on any atom is 0.353 e. The zero-order chi connectivity index (χ0) is 14.1. The van der Waals surface area contributed by atoms with Crippen molar-refractivity contribution in [3.05, 3.63) is 16.4 Å². The predicted molar refractivity (Wildman–Crippen MR) is 72.4 cm³/mol. The lowest BCUT2D eigenvalue weighted by molar-refractivity contribution is -0.383. The van der Waals surface area contributed by atoms with Crippen molar-refractivity contribution in [2.45, 2.75) is 19.8 Å². The minimum absolute atomic E-state index is 0.154. The van der Waals surface area contributed by atoms with Gasteiger partial charge >= 0.3 is 5.69 Å². The van der Waals surface area contributed by atoms with Crippen LogP contribution in [0.15, 0.2) is 6.33 Å². The van der Waals surface area contributed by atoms with Crippen LogP contribution < -0.4 is 10.6 Å². The first kappa shape index (κ1) is 15.1. The summed E-state index contributed by atoms with van der Waals surface area (Å²) in [6, 6.07) is 0.